The van der Waals surface area contributed by atoms with Crippen LogP contribution in [0.15, 0.2) is 4.52 Å². The van der Waals surface area contributed by atoms with Gasteiger partial charge in [0.15, 0.2) is 22.9 Å². The summed E-state index contributed by atoms with van der Waals surface area (Å²) in [7, 11) is 2.20. The number of fused-ring (bicyclic) bond motifs is 5. The summed E-state index contributed by atoms with van der Waals surface area (Å²) in [6.07, 6.45) is 7.54. The molecule has 0 amide bonds. The molecule has 10 rings (SSSR count). The highest BCUT2D eigenvalue weighted by Crippen LogP contribution is 2.70. The molecule has 1 spiro atoms. The van der Waals surface area contributed by atoms with Crippen molar-refractivity contribution < 1.29 is 14.4 Å². The molecule has 0 bridgehead atoms. The minimum absolute atomic E-state index is 0.0594. The fourth-order valence-electron chi connectivity index (χ4n) is 10.0. The Morgan fingerprint density at radius 2 is 2.06 bits per heavy atom. The quantitative estimate of drug-likeness (QED) is 0.329. The van der Waals surface area contributed by atoms with Crippen molar-refractivity contribution in [1.82, 2.24) is 29.8 Å². The van der Waals surface area contributed by atoms with Gasteiger partial charge in [-0.1, -0.05) is 5.16 Å². The molecule has 7 atom stereocenters. The highest BCUT2D eigenvalue weighted by Gasteiger charge is 2.75. The first-order valence-electron chi connectivity index (χ1n) is 17.1. The molecule has 1 saturated carbocycles. The normalized spacial score (nSPS) is 33.0. The lowest BCUT2D eigenvalue weighted by molar-refractivity contribution is 0.0357. The van der Waals surface area contributed by atoms with E-state index < -0.39 is 11.0 Å². The van der Waals surface area contributed by atoms with Gasteiger partial charge in [0.2, 0.25) is 0 Å². The monoisotopic (exact) mass is 653 g/mol. The van der Waals surface area contributed by atoms with E-state index in [2.05, 4.69) is 34.5 Å². The van der Waals surface area contributed by atoms with Crippen LogP contribution in [0.1, 0.15) is 91.4 Å². The van der Waals surface area contributed by atoms with Crippen LogP contribution in [0.2, 0.25) is 0 Å². The molecule has 2 aliphatic carbocycles. The van der Waals surface area contributed by atoms with Crippen LogP contribution in [-0.2, 0) is 29.6 Å². The molecule has 4 aromatic heterocycles. The van der Waals surface area contributed by atoms with E-state index in [1.54, 1.807) is 0 Å². The van der Waals surface area contributed by atoms with Crippen molar-refractivity contribution in [3.8, 4) is 17.6 Å². The molecule has 2 unspecified atom stereocenters. The number of thiophene rings is 1. The van der Waals surface area contributed by atoms with E-state index in [1.165, 1.54) is 17.8 Å². The molecule has 3 fully saturated rings. The highest BCUT2D eigenvalue weighted by atomic mass is 32.1. The second-order valence-electron chi connectivity index (χ2n) is 15.1. The van der Waals surface area contributed by atoms with Gasteiger partial charge in [-0.15, -0.1) is 11.3 Å². The van der Waals surface area contributed by atoms with Crippen molar-refractivity contribution >= 4 is 33.2 Å². The number of nitrogen functional groups attached to an aromatic ring is 1. The second kappa shape index (κ2) is 9.53. The molecule has 0 aromatic carbocycles. The fourth-order valence-corrected chi connectivity index (χ4v) is 11.2. The third-order valence-corrected chi connectivity index (χ3v) is 13.4. The molecule has 4 aromatic rings. The summed E-state index contributed by atoms with van der Waals surface area (Å²) in [5.41, 5.74) is 9.81. The van der Waals surface area contributed by atoms with E-state index in [0.717, 1.165) is 95.8 Å². The number of aliphatic hydroxyl groups is 1. The topological polar surface area (TPSA) is 155 Å². The lowest BCUT2D eigenvalue weighted by Gasteiger charge is -2.43. The molecule has 8 heterocycles. The number of likely N-dealkylation sites (tertiary alicyclic amines) is 1. The lowest BCUT2D eigenvalue weighted by Crippen LogP contribution is -2.51. The van der Waals surface area contributed by atoms with Crippen molar-refractivity contribution in [2.24, 2.45) is 5.92 Å². The number of rotatable bonds is 3. The van der Waals surface area contributed by atoms with Gasteiger partial charge >= 0.3 is 0 Å². The van der Waals surface area contributed by atoms with Crippen LogP contribution in [0, 0.1) is 17.2 Å². The van der Waals surface area contributed by atoms with Crippen LogP contribution >= 0.6 is 11.3 Å². The Balaban J connectivity index is 1.17. The van der Waals surface area contributed by atoms with Crippen molar-refractivity contribution in [3.05, 3.63) is 33.0 Å². The van der Waals surface area contributed by atoms with Gasteiger partial charge in [0.1, 0.15) is 16.9 Å². The Kier molecular flexibility index (Phi) is 5.77. The summed E-state index contributed by atoms with van der Waals surface area (Å²) in [5, 5.41) is 32.9. The molecule has 2 saturated heterocycles. The van der Waals surface area contributed by atoms with Gasteiger partial charge in [0, 0.05) is 35.0 Å². The number of likely N-dealkylation sites (N-methyl/N-ethyl adjacent to an activating group) is 1. The summed E-state index contributed by atoms with van der Waals surface area (Å²) in [6, 6.07) is 3.13. The molecule has 13 heteroatoms. The standard InChI is InChI=1S/C34H39N9O3S/c1-16(22-5-4-12-41(22)3)43-32-24-21(39-43)8-6-17-10-11-33(2,44)15-42(17)31(24)37-30(38-32)26-19-14-45-28-20-7-9-23-25(18(13-35)29(36)47-23)34(20,28)27(19)46-40-26/h16-17,20,22,28,44H,4-12,14-15,36H2,1-3H3/t16-,17-,20?,22-,28?,33+,34-/m0/s1. The molecule has 6 aliphatic rings. The van der Waals surface area contributed by atoms with Crippen molar-refractivity contribution in [3.63, 3.8) is 0 Å². The smallest absolute Gasteiger partial charge is 0.186 e. The molecule has 0 radical (unpaired) electrons. The van der Waals surface area contributed by atoms with Crippen LogP contribution in [0.25, 0.3) is 22.6 Å². The van der Waals surface area contributed by atoms with Crippen molar-refractivity contribution in [2.75, 3.05) is 30.8 Å². The molecule has 12 nitrogen and oxygen atoms in total. The number of nitrogens with zero attached hydrogens (tertiary/aromatic N) is 8. The van der Waals surface area contributed by atoms with E-state index in [4.69, 9.17) is 35.2 Å². The Morgan fingerprint density at radius 3 is 2.87 bits per heavy atom. The number of piperidine rings is 1. The fraction of sp³-hybridized carbons (Fsp3) is 0.618. The number of nitriles is 1. The van der Waals surface area contributed by atoms with Gasteiger partial charge in [0.25, 0.3) is 0 Å². The Morgan fingerprint density at radius 1 is 1.19 bits per heavy atom. The number of aromatic nitrogens is 5. The Labute approximate surface area is 276 Å². The van der Waals surface area contributed by atoms with Gasteiger partial charge in [-0.05, 0) is 78.8 Å². The number of aryl methyl sites for hydroxylation is 2. The van der Waals surface area contributed by atoms with Gasteiger partial charge in [-0.25, -0.2) is 14.6 Å². The zero-order valence-electron chi connectivity index (χ0n) is 27.0. The number of hydrogen-bond donors (Lipinski definition) is 2. The number of nitrogens with two attached hydrogens (primary N) is 1. The predicted octanol–water partition coefficient (Wildman–Crippen LogP) is 4.08. The summed E-state index contributed by atoms with van der Waals surface area (Å²) < 4.78 is 15.0. The maximum Gasteiger partial charge on any atom is 0.186 e. The second-order valence-corrected chi connectivity index (χ2v) is 16.2. The molecule has 3 N–H and O–H groups in total. The van der Waals surface area contributed by atoms with Crippen molar-refractivity contribution in [2.45, 2.75) is 107 Å². The summed E-state index contributed by atoms with van der Waals surface area (Å²) in [5.74, 6) is 2.30. The average molecular weight is 654 g/mol. The zero-order chi connectivity index (χ0) is 32.0. The highest BCUT2D eigenvalue weighted by molar-refractivity contribution is 7.16. The number of ether oxygens (including phenoxy) is 1. The molecule has 244 valence electrons. The first-order valence-corrected chi connectivity index (χ1v) is 17.9. The predicted molar refractivity (Wildman–Crippen MR) is 175 cm³/mol. The maximum atomic E-state index is 11.3. The lowest BCUT2D eigenvalue weighted by atomic mass is 9.80. The van der Waals surface area contributed by atoms with Gasteiger partial charge in [-0.2, -0.15) is 10.4 Å². The Bertz CT molecular complexity index is 2020. The largest absolute Gasteiger partial charge is 0.389 e. The van der Waals surface area contributed by atoms with Crippen LogP contribution in [-0.4, -0.2) is 78.8 Å². The zero-order valence-corrected chi connectivity index (χ0v) is 27.8. The van der Waals surface area contributed by atoms with Crippen LogP contribution < -0.4 is 10.6 Å². The van der Waals surface area contributed by atoms with Gasteiger partial charge < -0.3 is 29.9 Å². The SMILES string of the molecule is C[C@@H]([C@@H]1CCCN1C)n1nc2c3c(nc(-c4noc5c4COC4C6CCc7sc(N)c(C#N)c7[C@]564)nc31)N1C[C@](C)(O)CC[C@@H]1CC2. The van der Waals surface area contributed by atoms with E-state index >= 15 is 0 Å². The minimum Gasteiger partial charge on any atom is -0.389 e. The molecule has 47 heavy (non-hydrogen) atoms. The van der Waals surface area contributed by atoms with Crippen LogP contribution in [0.3, 0.4) is 0 Å². The summed E-state index contributed by atoms with van der Waals surface area (Å²) in [6.45, 7) is 6.10. The van der Waals surface area contributed by atoms with Crippen LogP contribution in [0.5, 0.6) is 0 Å². The Hall–Kier alpha value is -3.57. The third-order valence-electron chi connectivity index (χ3n) is 12.4. The average Bonchev–Trinajstić information content (AvgIpc) is 3.50. The minimum atomic E-state index is -0.816. The number of hydrogen-bond acceptors (Lipinski definition) is 12. The maximum absolute atomic E-state index is 11.3. The van der Waals surface area contributed by atoms with E-state index in [1.807, 2.05) is 6.92 Å². The summed E-state index contributed by atoms with van der Waals surface area (Å²) >= 11 is 1.52. The molecular formula is C34H39N9O3S. The third kappa shape index (κ3) is 3.67. The van der Waals surface area contributed by atoms with E-state index in [0.29, 0.717) is 41.3 Å². The van der Waals surface area contributed by atoms with E-state index in [-0.39, 0.29) is 24.1 Å². The van der Waals surface area contributed by atoms with E-state index in [9.17, 15) is 10.4 Å². The first kappa shape index (κ1) is 28.4. The van der Waals surface area contributed by atoms with Crippen LogP contribution in [0.4, 0.5) is 10.8 Å². The van der Waals surface area contributed by atoms with Gasteiger partial charge in [0.05, 0.1) is 52.0 Å². The van der Waals surface area contributed by atoms with Gasteiger partial charge in [-0.3, -0.25) is 0 Å². The number of anilines is 2. The molecule has 4 aliphatic heterocycles. The first-order chi connectivity index (χ1) is 22.7. The van der Waals surface area contributed by atoms with Crippen molar-refractivity contribution in [1.29, 1.82) is 5.26 Å². The molecular weight excluding hydrogens is 615 g/mol. The summed E-state index contributed by atoms with van der Waals surface area (Å²) in [4.78, 5) is 16.5.